The number of nitrogens with zero attached hydrogens (tertiary/aromatic N) is 2. The molecule has 0 radical (unpaired) electrons. The Kier molecular flexibility index (Phi) is 4.03. The Labute approximate surface area is 126 Å². The van der Waals surface area contributed by atoms with Gasteiger partial charge in [0.05, 0.1) is 16.8 Å². The molecule has 1 saturated heterocycles. The molecule has 0 spiro atoms. The van der Waals surface area contributed by atoms with Crippen LogP contribution in [-0.4, -0.2) is 45.6 Å². The molecule has 1 aliphatic rings. The molecule has 0 unspecified atom stereocenters. The molecule has 0 atom stereocenters. The van der Waals surface area contributed by atoms with Crippen LogP contribution in [0, 0.1) is 0 Å². The largest absolute Gasteiger partial charge is 0.498 e. The normalized spacial score (nSPS) is 20.6. The lowest BCUT2D eigenvalue weighted by atomic mass is 9.81. The molecule has 1 aromatic heterocycles. The minimum absolute atomic E-state index is 0.128. The number of hydrogen-bond acceptors (Lipinski definition) is 6. The van der Waals surface area contributed by atoms with Crippen molar-refractivity contribution in [1.29, 1.82) is 0 Å². The fraction of sp³-hybridized carbons (Fsp3) is 0.714. The van der Waals surface area contributed by atoms with E-state index in [0.717, 1.165) is 5.46 Å². The van der Waals surface area contributed by atoms with Crippen LogP contribution in [0.4, 0.5) is 0 Å². The van der Waals surface area contributed by atoms with E-state index >= 15 is 0 Å². The van der Waals surface area contributed by atoms with Crippen molar-refractivity contribution >= 4 is 12.6 Å². The fourth-order valence-corrected chi connectivity index (χ4v) is 1.74. The Balaban J connectivity index is 2.04. The van der Waals surface area contributed by atoms with Gasteiger partial charge in [0, 0.05) is 17.9 Å². The number of rotatable bonds is 4. The van der Waals surface area contributed by atoms with E-state index in [-0.39, 0.29) is 12.6 Å². The van der Waals surface area contributed by atoms with Gasteiger partial charge in [0.15, 0.2) is 0 Å². The summed E-state index contributed by atoms with van der Waals surface area (Å²) in [7, 11) is -0.488. The van der Waals surface area contributed by atoms with Crippen molar-refractivity contribution in [2.75, 3.05) is 6.61 Å². The third-order valence-corrected chi connectivity index (χ3v) is 3.73. The standard InChI is InChI=1S/C14H23BN2O4/c1-12(2,18)9-19-11-16-7-10(8-17-11)15-20-13(3,4)14(5,6)21-15/h7-8,18H,9H2,1-6H3. The first kappa shape index (κ1) is 16.2. The van der Waals surface area contributed by atoms with Crippen LogP contribution in [0.15, 0.2) is 12.4 Å². The monoisotopic (exact) mass is 294 g/mol. The van der Waals surface area contributed by atoms with Crippen LogP contribution in [0.1, 0.15) is 41.5 Å². The zero-order valence-corrected chi connectivity index (χ0v) is 13.5. The van der Waals surface area contributed by atoms with E-state index in [1.165, 1.54) is 0 Å². The Morgan fingerprint density at radius 2 is 1.62 bits per heavy atom. The lowest BCUT2D eigenvalue weighted by molar-refractivity contribution is 0.00578. The third kappa shape index (κ3) is 3.72. The van der Waals surface area contributed by atoms with E-state index in [1.807, 2.05) is 27.7 Å². The maximum Gasteiger partial charge on any atom is 0.498 e. The van der Waals surface area contributed by atoms with Crippen molar-refractivity contribution in [3.63, 3.8) is 0 Å². The summed E-state index contributed by atoms with van der Waals surface area (Å²) in [6.45, 7) is 11.4. The van der Waals surface area contributed by atoms with Gasteiger partial charge in [0.25, 0.3) is 0 Å². The highest BCUT2D eigenvalue weighted by Gasteiger charge is 2.51. The number of aliphatic hydroxyl groups is 1. The van der Waals surface area contributed by atoms with Gasteiger partial charge in [-0.05, 0) is 41.5 Å². The van der Waals surface area contributed by atoms with E-state index in [9.17, 15) is 5.11 Å². The van der Waals surface area contributed by atoms with E-state index < -0.39 is 23.9 Å². The predicted octanol–water partition coefficient (Wildman–Crippen LogP) is 0.925. The molecule has 1 aromatic rings. The van der Waals surface area contributed by atoms with E-state index in [1.54, 1.807) is 26.2 Å². The molecule has 2 heterocycles. The topological polar surface area (TPSA) is 73.7 Å². The van der Waals surface area contributed by atoms with E-state index in [2.05, 4.69) is 9.97 Å². The quantitative estimate of drug-likeness (QED) is 0.833. The van der Waals surface area contributed by atoms with Gasteiger partial charge in [-0.1, -0.05) is 0 Å². The van der Waals surface area contributed by atoms with Gasteiger partial charge in [-0.15, -0.1) is 0 Å². The maximum atomic E-state index is 9.60. The molecule has 7 heteroatoms. The lowest BCUT2D eigenvalue weighted by Gasteiger charge is -2.32. The van der Waals surface area contributed by atoms with E-state index in [4.69, 9.17) is 14.0 Å². The Hall–Kier alpha value is -1.18. The maximum absolute atomic E-state index is 9.60. The summed E-state index contributed by atoms with van der Waals surface area (Å²) in [6.07, 6.45) is 3.24. The molecule has 0 aliphatic carbocycles. The first-order chi connectivity index (χ1) is 9.50. The SMILES string of the molecule is CC(C)(O)COc1ncc(B2OC(C)(C)C(C)(C)O2)cn1. The van der Waals surface area contributed by atoms with Crippen LogP contribution in [0.3, 0.4) is 0 Å². The first-order valence-electron chi connectivity index (χ1n) is 7.03. The molecule has 116 valence electrons. The third-order valence-electron chi connectivity index (χ3n) is 3.73. The minimum atomic E-state index is -0.923. The highest BCUT2D eigenvalue weighted by atomic mass is 16.7. The molecule has 2 rings (SSSR count). The summed E-state index contributed by atoms with van der Waals surface area (Å²) >= 11 is 0. The molecule has 21 heavy (non-hydrogen) atoms. The molecule has 0 amide bonds. The zero-order valence-electron chi connectivity index (χ0n) is 13.5. The molecule has 6 nitrogen and oxygen atoms in total. The second-order valence-electron chi connectivity index (χ2n) is 6.99. The van der Waals surface area contributed by atoms with Gasteiger partial charge >= 0.3 is 13.1 Å². The van der Waals surface area contributed by atoms with Crippen molar-refractivity contribution in [1.82, 2.24) is 9.97 Å². The Morgan fingerprint density at radius 3 is 2.05 bits per heavy atom. The number of ether oxygens (including phenoxy) is 1. The molecular formula is C14H23BN2O4. The number of hydrogen-bond donors (Lipinski definition) is 1. The molecule has 0 aromatic carbocycles. The van der Waals surface area contributed by atoms with Gasteiger partial charge < -0.3 is 19.2 Å². The van der Waals surface area contributed by atoms with Crippen molar-refractivity contribution in [3.05, 3.63) is 12.4 Å². The molecule has 0 bridgehead atoms. The van der Waals surface area contributed by atoms with Crippen LogP contribution in [0.5, 0.6) is 6.01 Å². The van der Waals surface area contributed by atoms with Crippen molar-refractivity contribution in [2.45, 2.75) is 58.3 Å². The highest BCUT2D eigenvalue weighted by Crippen LogP contribution is 2.36. The van der Waals surface area contributed by atoms with Crippen LogP contribution in [0.2, 0.25) is 0 Å². The number of aromatic nitrogens is 2. The fourth-order valence-electron chi connectivity index (χ4n) is 1.74. The first-order valence-corrected chi connectivity index (χ1v) is 7.03. The average molecular weight is 294 g/mol. The highest BCUT2D eigenvalue weighted by molar-refractivity contribution is 6.61. The van der Waals surface area contributed by atoms with Crippen LogP contribution < -0.4 is 10.2 Å². The second kappa shape index (κ2) is 5.23. The van der Waals surface area contributed by atoms with Gasteiger partial charge in [-0.3, -0.25) is 0 Å². The van der Waals surface area contributed by atoms with E-state index in [0.29, 0.717) is 0 Å². The lowest BCUT2D eigenvalue weighted by Crippen LogP contribution is -2.41. The summed E-state index contributed by atoms with van der Waals surface area (Å²) in [5, 5.41) is 9.60. The summed E-state index contributed by atoms with van der Waals surface area (Å²) in [6, 6.07) is 0.220. The smallest absolute Gasteiger partial charge is 0.460 e. The Bertz CT molecular complexity index is 481. The van der Waals surface area contributed by atoms with Gasteiger partial charge in [0.2, 0.25) is 0 Å². The predicted molar refractivity (Wildman–Crippen MR) is 79.5 cm³/mol. The molecule has 1 fully saturated rings. The molecular weight excluding hydrogens is 271 g/mol. The van der Waals surface area contributed by atoms with Crippen LogP contribution in [-0.2, 0) is 9.31 Å². The summed E-state index contributed by atoms with van der Waals surface area (Å²) < 4.78 is 17.2. The van der Waals surface area contributed by atoms with Gasteiger partial charge in [0.1, 0.15) is 6.61 Å². The molecule has 1 aliphatic heterocycles. The van der Waals surface area contributed by atoms with Crippen LogP contribution in [0.25, 0.3) is 0 Å². The molecule has 0 saturated carbocycles. The van der Waals surface area contributed by atoms with Gasteiger partial charge in [-0.25, -0.2) is 9.97 Å². The summed E-state index contributed by atoms with van der Waals surface area (Å²) in [5.74, 6) is 0. The average Bonchev–Trinajstić information content (AvgIpc) is 2.56. The Morgan fingerprint density at radius 1 is 1.14 bits per heavy atom. The zero-order chi connectivity index (χ0) is 15.9. The van der Waals surface area contributed by atoms with Gasteiger partial charge in [-0.2, -0.15) is 0 Å². The summed E-state index contributed by atoms with van der Waals surface area (Å²) in [5.41, 5.74) is -0.973. The van der Waals surface area contributed by atoms with Crippen LogP contribution >= 0.6 is 0 Å². The molecule has 1 N–H and O–H groups in total. The second-order valence-corrected chi connectivity index (χ2v) is 6.99. The summed E-state index contributed by atoms with van der Waals surface area (Å²) in [4.78, 5) is 8.23. The van der Waals surface area contributed by atoms with Crippen molar-refractivity contribution in [3.8, 4) is 6.01 Å². The van der Waals surface area contributed by atoms with Crippen molar-refractivity contribution in [2.24, 2.45) is 0 Å². The minimum Gasteiger partial charge on any atom is -0.460 e. The van der Waals surface area contributed by atoms with Crippen molar-refractivity contribution < 1.29 is 19.2 Å².